The first-order chi connectivity index (χ1) is 8.69. The molecule has 1 unspecified atom stereocenters. The molecule has 2 rings (SSSR count). The lowest BCUT2D eigenvalue weighted by Gasteiger charge is -2.10. The second-order valence-corrected chi connectivity index (χ2v) is 4.79. The molecule has 1 amide bonds. The molecule has 0 radical (unpaired) electrons. The number of nitriles is 1. The Hall–Kier alpha value is -1.86. The van der Waals surface area contributed by atoms with Gasteiger partial charge in [0.15, 0.2) is 0 Å². The van der Waals surface area contributed by atoms with Crippen molar-refractivity contribution < 1.29 is 4.79 Å². The highest BCUT2D eigenvalue weighted by molar-refractivity contribution is 5.91. The van der Waals surface area contributed by atoms with Gasteiger partial charge in [-0.05, 0) is 36.5 Å². The van der Waals surface area contributed by atoms with Crippen LogP contribution < -0.4 is 11.1 Å². The van der Waals surface area contributed by atoms with E-state index in [-0.39, 0.29) is 11.9 Å². The number of nitrogens with two attached hydrogens (primary N) is 1. The topological polar surface area (TPSA) is 78.9 Å². The summed E-state index contributed by atoms with van der Waals surface area (Å²) < 4.78 is 0. The number of nitrogens with zero attached hydrogens (tertiary/aromatic N) is 1. The average molecular weight is 243 g/mol. The Morgan fingerprint density at radius 2 is 2.11 bits per heavy atom. The molecule has 0 aromatic heterocycles. The van der Waals surface area contributed by atoms with Gasteiger partial charge in [-0.2, -0.15) is 5.26 Å². The third-order valence-electron chi connectivity index (χ3n) is 3.17. The lowest BCUT2D eigenvalue weighted by atomic mass is 10.1. The molecule has 1 fully saturated rings. The van der Waals surface area contributed by atoms with Crippen molar-refractivity contribution in [2.45, 2.75) is 31.7 Å². The van der Waals surface area contributed by atoms with Gasteiger partial charge in [0.1, 0.15) is 0 Å². The molecule has 1 atom stereocenters. The first-order valence-corrected chi connectivity index (χ1v) is 6.20. The molecular weight excluding hydrogens is 226 g/mol. The van der Waals surface area contributed by atoms with Crippen molar-refractivity contribution >= 4 is 11.6 Å². The molecule has 0 aliphatic heterocycles. The zero-order valence-corrected chi connectivity index (χ0v) is 10.2. The molecule has 3 N–H and O–H groups in total. The summed E-state index contributed by atoms with van der Waals surface area (Å²) >= 11 is 0. The van der Waals surface area contributed by atoms with E-state index in [1.54, 1.807) is 0 Å². The lowest BCUT2D eigenvalue weighted by Crippen LogP contribution is -2.28. The van der Waals surface area contributed by atoms with E-state index in [0.717, 1.165) is 24.1 Å². The number of amides is 1. The fourth-order valence-electron chi connectivity index (χ4n) is 1.91. The maximum atomic E-state index is 11.7. The van der Waals surface area contributed by atoms with Crippen LogP contribution >= 0.6 is 0 Å². The minimum absolute atomic E-state index is 0.0112. The SMILES string of the molecule is N#CCc1ccc(NC(=O)CC(N)C2CC2)cc1. The number of hydrogen-bond donors (Lipinski definition) is 2. The van der Waals surface area contributed by atoms with Crippen LogP contribution in [0.4, 0.5) is 5.69 Å². The van der Waals surface area contributed by atoms with Crippen LogP contribution in [-0.4, -0.2) is 11.9 Å². The Balaban J connectivity index is 1.84. The quantitative estimate of drug-likeness (QED) is 0.827. The summed E-state index contributed by atoms with van der Waals surface area (Å²) in [6, 6.07) is 9.39. The van der Waals surface area contributed by atoms with Crippen molar-refractivity contribution in [1.29, 1.82) is 5.26 Å². The van der Waals surface area contributed by atoms with Crippen LogP contribution in [0.15, 0.2) is 24.3 Å². The van der Waals surface area contributed by atoms with Gasteiger partial charge in [-0.1, -0.05) is 12.1 Å². The fourth-order valence-corrected chi connectivity index (χ4v) is 1.91. The summed E-state index contributed by atoms with van der Waals surface area (Å²) in [5, 5.41) is 11.4. The third kappa shape index (κ3) is 3.57. The summed E-state index contributed by atoms with van der Waals surface area (Å²) in [6.45, 7) is 0. The fraction of sp³-hybridized carbons (Fsp3) is 0.429. The maximum absolute atomic E-state index is 11.7. The second-order valence-electron chi connectivity index (χ2n) is 4.79. The van der Waals surface area contributed by atoms with E-state index >= 15 is 0 Å². The summed E-state index contributed by atoms with van der Waals surface area (Å²) in [7, 11) is 0. The molecule has 1 aromatic rings. The van der Waals surface area contributed by atoms with Gasteiger partial charge in [0.2, 0.25) is 5.91 Å². The van der Waals surface area contributed by atoms with E-state index in [4.69, 9.17) is 11.0 Å². The molecule has 94 valence electrons. The third-order valence-corrected chi connectivity index (χ3v) is 3.17. The highest BCUT2D eigenvalue weighted by Crippen LogP contribution is 2.32. The number of anilines is 1. The van der Waals surface area contributed by atoms with Crippen LogP contribution in [0.2, 0.25) is 0 Å². The first kappa shape index (κ1) is 12.6. The Morgan fingerprint density at radius 1 is 1.44 bits per heavy atom. The molecule has 18 heavy (non-hydrogen) atoms. The molecule has 0 bridgehead atoms. The van der Waals surface area contributed by atoms with Crippen molar-refractivity contribution in [3.8, 4) is 6.07 Å². The van der Waals surface area contributed by atoms with Crippen molar-refractivity contribution in [2.75, 3.05) is 5.32 Å². The van der Waals surface area contributed by atoms with Crippen LogP contribution in [0.25, 0.3) is 0 Å². The summed E-state index contributed by atoms with van der Waals surface area (Å²) in [6.07, 6.45) is 3.07. The van der Waals surface area contributed by atoms with E-state index in [9.17, 15) is 4.79 Å². The van der Waals surface area contributed by atoms with Crippen LogP contribution in [0.1, 0.15) is 24.8 Å². The summed E-state index contributed by atoms with van der Waals surface area (Å²) in [5.41, 5.74) is 7.60. The predicted octanol–water partition coefficient (Wildman–Crippen LogP) is 1.82. The van der Waals surface area contributed by atoms with Gasteiger partial charge < -0.3 is 11.1 Å². The van der Waals surface area contributed by atoms with E-state index in [1.807, 2.05) is 24.3 Å². The van der Waals surface area contributed by atoms with Gasteiger partial charge >= 0.3 is 0 Å². The Labute approximate surface area is 107 Å². The van der Waals surface area contributed by atoms with Crippen molar-refractivity contribution in [1.82, 2.24) is 0 Å². The highest BCUT2D eigenvalue weighted by atomic mass is 16.1. The van der Waals surface area contributed by atoms with Crippen LogP contribution in [0.5, 0.6) is 0 Å². The maximum Gasteiger partial charge on any atom is 0.225 e. The molecule has 1 aliphatic carbocycles. The number of nitrogens with one attached hydrogen (secondary N) is 1. The number of hydrogen-bond acceptors (Lipinski definition) is 3. The number of benzene rings is 1. The normalized spacial score (nSPS) is 15.8. The van der Waals surface area contributed by atoms with Crippen molar-refractivity contribution in [3.05, 3.63) is 29.8 Å². The van der Waals surface area contributed by atoms with E-state index < -0.39 is 0 Å². The summed E-state index contributed by atoms with van der Waals surface area (Å²) in [5.74, 6) is 0.496. The van der Waals surface area contributed by atoms with E-state index in [0.29, 0.717) is 18.8 Å². The summed E-state index contributed by atoms with van der Waals surface area (Å²) in [4.78, 5) is 11.7. The minimum atomic E-state index is -0.0394. The van der Waals surface area contributed by atoms with Gasteiger partial charge in [-0.15, -0.1) is 0 Å². The minimum Gasteiger partial charge on any atom is -0.327 e. The Bertz CT molecular complexity index is 457. The average Bonchev–Trinajstić information content (AvgIpc) is 3.16. The first-order valence-electron chi connectivity index (χ1n) is 6.20. The van der Waals surface area contributed by atoms with Gasteiger partial charge in [-0.3, -0.25) is 4.79 Å². The zero-order chi connectivity index (χ0) is 13.0. The largest absolute Gasteiger partial charge is 0.327 e. The predicted molar refractivity (Wildman–Crippen MR) is 69.7 cm³/mol. The molecule has 1 saturated carbocycles. The Morgan fingerprint density at radius 3 is 2.67 bits per heavy atom. The monoisotopic (exact) mass is 243 g/mol. The second kappa shape index (κ2) is 5.65. The lowest BCUT2D eigenvalue weighted by molar-refractivity contribution is -0.116. The number of carbonyl (C=O) groups is 1. The van der Waals surface area contributed by atoms with Gasteiger partial charge in [0.25, 0.3) is 0 Å². The molecule has 1 aliphatic rings. The standard InChI is InChI=1S/C14H17N3O/c15-8-7-10-1-5-12(6-2-10)17-14(18)9-13(16)11-3-4-11/h1-2,5-6,11,13H,3-4,7,9,16H2,(H,17,18). The Kier molecular flexibility index (Phi) is 3.96. The molecule has 0 saturated heterocycles. The smallest absolute Gasteiger partial charge is 0.225 e. The van der Waals surface area contributed by atoms with E-state index in [1.165, 1.54) is 0 Å². The molecule has 4 heteroatoms. The van der Waals surface area contributed by atoms with Crippen LogP contribution in [0.3, 0.4) is 0 Å². The highest BCUT2D eigenvalue weighted by Gasteiger charge is 2.29. The van der Waals surface area contributed by atoms with Crippen molar-refractivity contribution in [2.24, 2.45) is 11.7 Å². The molecule has 0 heterocycles. The molecule has 1 aromatic carbocycles. The van der Waals surface area contributed by atoms with Gasteiger partial charge in [0, 0.05) is 18.2 Å². The van der Waals surface area contributed by atoms with Gasteiger partial charge in [0.05, 0.1) is 12.5 Å². The molecular formula is C14H17N3O. The zero-order valence-electron chi connectivity index (χ0n) is 10.2. The molecule has 0 spiro atoms. The molecule has 4 nitrogen and oxygen atoms in total. The van der Waals surface area contributed by atoms with Crippen LogP contribution in [0, 0.1) is 17.2 Å². The number of carbonyl (C=O) groups excluding carboxylic acids is 1. The van der Waals surface area contributed by atoms with E-state index in [2.05, 4.69) is 11.4 Å². The number of rotatable bonds is 5. The van der Waals surface area contributed by atoms with Crippen molar-refractivity contribution in [3.63, 3.8) is 0 Å². The van der Waals surface area contributed by atoms with Crippen LogP contribution in [-0.2, 0) is 11.2 Å². The van der Waals surface area contributed by atoms with Gasteiger partial charge in [-0.25, -0.2) is 0 Å².